The molecule has 0 bridgehead atoms. The van der Waals surface area contributed by atoms with E-state index in [1.807, 2.05) is 35.2 Å². The summed E-state index contributed by atoms with van der Waals surface area (Å²) >= 11 is 0. The standard InChI is InChI=1S/C15H18N2O/c16-10-11-17(12-13-6-2-1-3-7-13)14-8-4-5-9-15(14)18/h1-3,6-7,14H,4-5,8-9,11-12H2. The zero-order valence-corrected chi connectivity index (χ0v) is 10.5. The summed E-state index contributed by atoms with van der Waals surface area (Å²) in [5.74, 6) is 0.299. The fourth-order valence-corrected chi connectivity index (χ4v) is 2.54. The van der Waals surface area contributed by atoms with E-state index >= 15 is 0 Å². The van der Waals surface area contributed by atoms with Gasteiger partial charge in [-0.2, -0.15) is 5.26 Å². The van der Waals surface area contributed by atoms with E-state index in [1.165, 1.54) is 0 Å². The predicted octanol–water partition coefficient (Wildman–Crippen LogP) is 2.52. The second-order valence-corrected chi connectivity index (χ2v) is 4.78. The fourth-order valence-electron chi connectivity index (χ4n) is 2.54. The predicted molar refractivity (Wildman–Crippen MR) is 69.7 cm³/mol. The van der Waals surface area contributed by atoms with Crippen molar-refractivity contribution in [3.05, 3.63) is 35.9 Å². The van der Waals surface area contributed by atoms with Crippen LogP contribution in [0.25, 0.3) is 0 Å². The summed E-state index contributed by atoms with van der Waals surface area (Å²) in [7, 11) is 0. The lowest BCUT2D eigenvalue weighted by Gasteiger charge is -2.31. The molecule has 3 nitrogen and oxygen atoms in total. The van der Waals surface area contributed by atoms with Crippen molar-refractivity contribution in [1.82, 2.24) is 4.90 Å². The van der Waals surface area contributed by atoms with E-state index in [0.717, 1.165) is 24.8 Å². The Labute approximate surface area is 108 Å². The number of Topliss-reactive ketones (excluding diaryl/α,β-unsaturated/α-hetero) is 1. The van der Waals surface area contributed by atoms with Crippen molar-refractivity contribution in [2.24, 2.45) is 0 Å². The summed E-state index contributed by atoms with van der Waals surface area (Å²) in [4.78, 5) is 14.0. The van der Waals surface area contributed by atoms with Gasteiger partial charge < -0.3 is 0 Å². The van der Waals surface area contributed by atoms with Gasteiger partial charge >= 0.3 is 0 Å². The lowest BCUT2D eigenvalue weighted by Crippen LogP contribution is -2.42. The Kier molecular flexibility index (Phi) is 4.49. The summed E-state index contributed by atoms with van der Waals surface area (Å²) in [5.41, 5.74) is 1.16. The molecule has 0 heterocycles. The average molecular weight is 242 g/mol. The molecule has 1 unspecified atom stereocenters. The van der Waals surface area contributed by atoms with E-state index in [1.54, 1.807) is 0 Å². The monoisotopic (exact) mass is 242 g/mol. The first-order valence-corrected chi connectivity index (χ1v) is 6.49. The van der Waals surface area contributed by atoms with Crippen LogP contribution in [0, 0.1) is 11.3 Å². The topological polar surface area (TPSA) is 44.1 Å². The van der Waals surface area contributed by atoms with Gasteiger partial charge in [0.1, 0.15) is 5.78 Å². The maximum Gasteiger partial charge on any atom is 0.150 e. The summed E-state index contributed by atoms with van der Waals surface area (Å²) in [6.45, 7) is 1.01. The summed E-state index contributed by atoms with van der Waals surface area (Å²) < 4.78 is 0. The first-order chi connectivity index (χ1) is 8.81. The molecular formula is C15H18N2O. The molecule has 0 amide bonds. The van der Waals surface area contributed by atoms with Crippen molar-refractivity contribution >= 4 is 5.78 Å². The van der Waals surface area contributed by atoms with Crippen LogP contribution in [-0.2, 0) is 11.3 Å². The highest BCUT2D eigenvalue weighted by atomic mass is 16.1. The number of ketones is 1. The molecule has 18 heavy (non-hydrogen) atoms. The maximum atomic E-state index is 11.9. The SMILES string of the molecule is N#CCN(Cc1ccccc1)C1CCCCC1=O. The van der Waals surface area contributed by atoms with Crippen molar-refractivity contribution in [3.63, 3.8) is 0 Å². The number of benzene rings is 1. The molecule has 1 aromatic rings. The molecule has 1 saturated carbocycles. The van der Waals surface area contributed by atoms with E-state index in [4.69, 9.17) is 5.26 Å². The highest BCUT2D eigenvalue weighted by molar-refractivity contribution is 5.84. The van der Waals surface area contributed by atoms with Gasteiger partial charge in [-0.3, -0.25) is 9.69 Å². The van der Waals surface area contributed by atoms with Gasteiger partial charge in [0.2, 0.25) is 0 Å². The van der Waals surface area contributed by atoms with Crippen molar-refractivity contribution in [3.8, 4) is 6.07 Å². The van der Waals surface area contributed by atoms with E-state index in [2.05, 4.69) is 6.07 Å². The molecule has 2 rings (SSSR count). The molecule has 1 aliphatic carbocycles. The van der Waals surface area contributed by atoms with Crippen LogP contribution in [0.15, 0.2) is 30.3 Å². The van der Waals surface area contributed by atoms with Crippen LogP contribution in [-0.4, -0.2) is 23.3 Å². The number of nitrogens with zero attached hydrogens (tertiary/aromatic N) is 2. The summed E-state index contributed by atoms with van der Waals surface area (Å²) in [6.07, 6.45) is 3.66. The summed E-state index contributed by atoms with van der Waals surface area (Å²) in [6, 6.07) is 12.2. The molecule has 1 aromatic carbocycles. The number of nitriles is 1. The van der Waals surface area contributed by atoms with E-state index in [-0.39, 0.29) is 6.04 Å². The minimum absolute atomic E-state index is 0.0568. The Morgan fingerprint density at radius 1 is 1.28 bits per heavy atom. The molecule has 0 radical (unpaired) electrons. The molecular weight excluding hydrogens is 224 g/mol. The minimum Gasteiger partial charge on any atom is -0.298 e. The third-order valence-electron chi connectivity index (χ3n) is 3.47. The maximum absolute atomic E-state index is 11.9. The lowest BCUT2D eigenvalue weighted by molar-refractivity contribution is -0.126. The molecule has 1 fully saturated rings. The average Bonchev–Trinajstić information content (AvgIpc) is 2.40. The minimum atomic E-state index is -0.0568. The van der Waals surface area contributed by atoms with Crippen LogP contribution in [0.5, 0.6) is 0 Å². The van der Waals surface area contributed by atoms with Crippen molar-refractivity contribution in [2.75, 3.05) is 6.54 Å². The number of carbonyl (C=O) groups excluding carboxylic acids is 1. The number of rotatable bonds is 4. The largest absolute Gasteiger partial charge is 0.298 e. The zero-order chi connectivity index (χ0) is 12.8. The molecule has 0 saturated heterocycles. The van der Waals surface area contributed by atoms with Crippen LogP contribution in [0.2, 0.25) is 0 Å². The van der Waals surface area contributed by atoms with Gasteiger partial charge in [0.25, 0.3) is 0 Å². The smallest absolute Gasteiger partial charge is 0.150 e. The van der Waals surface area contributed by atoms with Crippen molar-refractivity contribution in [1.29, 1.82) is 5.26 Å². The van der Waals surface area contributed by atoms with Gasteiger partial charge in [-0.25, -0.2) is 0 Å². The Morgan fingerprint density at radius 3 is 2.72 bits per heavy atom. The lowest BCUT2D eigenvalue weighted by atomic mass is 9.92. The van der Waals surface area contributed by atoms with E-state index in [0.29, 0.717) is 25.3 Å². The number of hydrogen-bond donors (Lipinski definition) is 0. The second-order valence-electron chi connectivity index (χ2n) is 4.78. The fraction of sp³-hybridized carbons (Fsp3) is 0.467. The van der Waals surface area contributed by atoms with Crippen LogP contribution < -0.4 is 0 Å². The van der Waals surface area contributed by atoms with Gasteiger partial charge in [0, 0.05) is 13.0 Å². The van der Waals surface area contributed by atoms with Gasteiger partial charge in [-0.15, -0.1) is 0 Å². The van der Waals surface area contributed by atoms with Crippen LogP contribution in [0.4, 0.5) is 0 Å². The van der Waals surface area contributed by atoms with Gasteiger partial charge in [0.15, 0.2) is 0 Å². The Hall–Kier alpha value is -1.66. The molecule has 3 heteroatoms. The number of hydrogen-bond acceptors (Lipinski definition) is 3. The third kappa shape index (κ3) is 3.18. The summed E-state index contributed by atoms with van der Waals surface area (Å²) in [5, 5.41) is 8.93. The van der Waals surface area contributed by atoms with E-state index < -0.39 is 0 Å². The molecule has 0 spiro atoms. The highest BCUT2D eigenvalue weighted by Crippen LogP contribution is 2.21. The van der Waals surface area contributed by atoms with Gasteiger partial charge in [0.05, 0.1) is 18.7 Å². The first-order valence-electron chi connectivity index (χ1n) is 6.49. The van der Waals surface area contributed by atoms with Crippen LogP contribution in [0.3, 0.4) is 0 Å². The Morgan fingerprint density at radius 2 is 2.06 bits per heavy atom. The van der Waals surface area contributed by atoms with Crippen molar-refractivity contribution in [2.45, 2.75) is 38.3 Å². The van der Waals surface area contributed by atoms with Crippen LogP contribution >= 0.6 is 0 Å². The molecule has 1 aliphatic rings. The quantitative estimate of drug-likeness (QED) is 0.762. The molecule has 0 aromatic heterocycles. The first kappa shape index (κ1) is 12.8. The zero-order valence-electron chi connectivity index (χ0n) is 10.5. The number of carbonyl (C=O) groups is 1. The third-order valence-corrected chi connectivity index (χ3v) is 3.47. The van der Waals surface area contributed by atoms with E-state index in [9.17, 15) is 4.79 Å². The molecule has 0 aliphatic heterocycles. The molecule has 94 valence electrons. The van der Waals surface area contributed by atoms with Gasteiger partial charge in [-0.1, -0.05) is 36.8 Å². The van der Waals surface area contributed by atoms with Crippen LogP contribution in [0.1, 0.15) is 31.2 Å². The Balaban J connectivity index is 2.08. The molecule has 1 atom stereocenters. The normalized spacial score (nSPS) is 19.8. The molecule has 0 N–H and O–H groups in total. The van der Waals surface area contributed by atoms with Gasteiger partial charge in [-0.05, 0) is 18.4 Å². The Bertz CT molecular complexity index is 436. The van der Waals surface area contributed by atoms with Crippen molar-refractivity contribution < 1.29 is 4.79 Å². The second kappa shape index (κ2) is 6.32. The highest BCUT2D eigenvalue weighted by Gasteiger charge is 2.27.